The van der Waals surface area contributed by atoms with Gasteiger partial charge in [-0.2, -0.15) is 5.26 Å². The van der Waals surface area contributed by atoms with Gasteiger partial charge in [0.2, 0.25) is 4.38 Å². The normalized spacial score (nSPS) is 34.9. The molecular weight excluding hydrogens is 362 g/mol. The van der Waals surface area contributed by atoms with E-state index in [2.05, 4.69) is 22.0 Å². The van der Waals surface area contributed by atoms with Crippen LogP contribution in [-0.4, -0.2) is 34.7 Å². The SMILES string of the molecule is CSC(=S)O[C@H]1[C@@H]2OC(C)(C)O[C@@H]2C(Br)=C[C@@H]1CC#N. The number of thioether (sulfide) groups is 1. The molecule has 0 bridgehead atoms. The number of nitriles is 1. The highest BCUT2D eigenvalue weighted by Crippen LogP contribution is 2.43. The van der Waals surface area contributed by atoms with E-state index < -0.39 is 5.79 Å². The van der Waals surface area contributed by atoms with Crippen molar-refractivity contribution in [3.63, 3.8) is 0 Å². The van der Waals surface area contributed by atoms with Gasteiger partial charge in [-0.1, -0.05) is 33.8 Å². The van der Waals surface area contributed by atoms with E-state index >= 15 is 0 Å². The second-order valence-corrected chi connectivity index (χ2v) is 7.46. The molecule has 0 aromatic carbocycles. The first-order valence-electron chi connectivity index (χ1n) is 6.22. The van der Waals surface area contributed by atoms with Crippen LogP contribution in [-0.2, 0) is 14.2 Å². The van der Waals surface area contributed by atoms with Gasteiger partial charge >= 0.3 is 0 Å². The van der Waals surface area contributed by atoms with E-state index in [0.29, 0.717) is 10.8 Å². The molecule has 1 aliphatic heterocycles. The van der Waals surface area contributed by atoms with Crippen molar-refractivity contribution in [2.45, 2.75) is 44.4 Å². The van der Waals surface area contributed by atoms with E-state index in [9.17, 15) is 0 Å². The minimum atomic E-state index is -0.674. The molecule has 1 heterocycles. The summed E-state index contributed by atoms with van der Waals surface area (Å²) in [6, 6.07) is 2.19. The van der Waals surface area contributed by atoms with E-state index in [0.717, 1.165) is 4.48 Å². The molecule has 0 aromatic rings. The summed E-state index contributed by atoms with van der Waals surface area (Å²) in [5.41, 5.74) is 0. The average molecular weight is 378 g/mol. The van der Waals surface area contributed by atoms with Gasteiger partial charge in [-0.15, -0.1) is 0 Å². The van der Waals surface area contributed by atoms with Crippen molar-refractivity contribution in [2.24, 2.45) is 5.92 Å². The highest BCUT2D eigenvalue weighted by molar-refractivity contribution is 9.11. The second-order valence-electron chi connectivity index (χ2n) is 5.13. The van der Waals surface area contributed by atoms with Crippen LogP contribution in [0.15, 0.2) is 10.6 Å². The molecule has 7 heteroatoms. The van der Waals surface area contributed by atoms with Crippen molar-refractivity contribution in [1.29, 1.82) is 5.26 Å². The third kappa shape index (κ3) is 3.37. The lowest BCUT2D eigenvalue weighted by Gasteiger charge is -2.34. The Morgan fingerprint density at radius 1 is 1.60 bits per heavy atom. The van der Waals surface area contributed by atoms with Crippen molar-refractivity contribution < 1.29 is 14.2 Å². The third-order valence-electron chi connectivity index (χ3n) is 3.25. The van der Waals surface area contributed by atoms with Crippen LogP contribution in [0.4, 0.5) is 0 Å². The number of hydrogen-bond acceptors (Lipinski definition) is 6. The molecule has 4 nitrogen and oxygen atoms in total. The fourth-order valence-electron chi connectivity index (χ4n) is 2.47. The van der Waals surface area contributed by atoms with Gasteiger partial charge in [-0.25, -0.2) is 0 Å². The Bertz CT molecular complexity index is 475. The van der Waals surface area contributed by atoms with Crippen molar-refractivity contribution in [3.05, 3.63) is 10.6 Å². The predicted octanol–water partition coefficient (Wildman–Crippen LogP) is 3.36. The fraction of sp³-hybridized carbons (Fsp3) is 0.692. The molecule has 20 heavy (non-hydrogen) atoms. The second kappa shape index (κ2) is 6.32. The highest BCUT2D eigenvalue weighted by atomic mass is 79.9. The third-order valence-corrected chi connectivity index (χ3v) is 4.99. The molecule has 4 atom stereocenters. The Morgan fingerprint density at radius 3 is 2.90 bits per heavy atom. The molecule has 0 aromatic heterocycles. The number of ether oxygens (including phenoxy) is 3. The summed E-state index contributed by atoms with van der Waals surface area (Å²) in [6.45, 7) is 3.74. The van der Waals surface area contributed by atoms with Gasteiger partial charge in [-0.05, 0) is 32.3 Å². The van der Waals surface area contributed by atoms with Crippen LogP contribution in [0.25, 0.3) is 0 Å². The quantitative estimate of drug-likeness (QED) is 0.687. The van der Waals surface area contributed by atoms with Crippen molar-refractivity contribution in [3.8, 4) is 6.07 Å². The molecule has 0 spiro atoms. The Hall–Kier alpha value is -0.130. The van der Waals surface area contributed by atoms with Crippen molar-refractivity contribution in [1.82, 2.24) is 0 Å². The number of nitrogens with zero attached hydrogens (tertiary/aromatic N) is 1. The molecule has 110 valence electrons. The summed E-state index contributed by atoms with van der Waals surface area (Å²) in [5.74, 6) is -0.745. The number of halogens is 1. The lowest BCUT2D eigenvalue weighted by atomic mass is 9.86. The summed E-state index contributed by atoms with van der Waals surface area (Å²) in [7, 11) is 0. The van der Waals surface area contributed by atoms with Crippen LogP contribution in [0.5, 0.6) is 0 Å². The van der Waals surface area contributed by atoms with Crippen LogP contribution >= 0.6 is 39.9 Å². The zero-order valence-corrected chi connectivity index (χ0v) is 14.7. The van der Waals surface area contributed by atoms with E-state index in [1.165, 1.54) is 11.8 Å². The molecule has 0 saturated carbocycles. The van der Waals surface area contributed by atoms with Crippen LogP contribution in [0.3, 0.4) is 0 Å². The van der Waals surface area contributed by atoms with E-state index in [1.54, 1.807) is 0 Å². The molecule has 1 saturated heterocycles. The number of hydrogen-bond donors (Lipinski definition) is 0. The summed E-state index contributed by atoms with van der Waals surface area (Å²) in [5, 5.41) is 9.00. The summed E-state index contributed by atoms with van der Waals surface area (Å²) in [6.07, 6.45) is 3.40. The molecule has 0 unspecified atom stereocenters. The van der Waals surface area contributed by atoms with Gasteiger partial charge < -0.3 is 14.2 Å². The molecule has 0 amide bonds. The fourth-order valence-corrected chi connectivity index (χ4v) is 3.49. The first-order chi connectivity index (χ1) is 9.38. The standard InChI is InChI=1S/C13H16BrNO3S2/c1-13(2)17-10-8(14)6-7(4-5-15)9(11(10)18-13)16-12(19)20-3/h6-7,9-11H,4H2,1-3H3/t7-,9+,10+,11-/m0/s1. The van der Waals surface area contributed by atoms with Crippen LogP contribution in [0, 0.1) is 17.2 Å². The first kappa shape index (κ1) is 16.2. The molecule has 2 aliphatic rings. The zero-order valence-electron chi connectivity index (χ0n) is 11.5. The summed E-state index contributed by atoms with van der Waals surface area (Å²) >= 11 is 10.0. The van der Waals surface area contributed by atoms with Gasteiger partial charge in [0.1, 0.15) is 18.3 Å². The van der Waals surface area contributed by atoms with Crippen molar-refractivity contribution >= 4 is 44.3 Å². The summed E-state index contributed by atoms with van der Waals surface area (Å²) in [4.78, 5) is 0. The smallest absolute Gasteiger partial charge is 0.220 e. The lowest BCUT2D eigenvalue weighted by Crippen LogP contribution is -2.45. The first-order valence-corrected chi connectivity index (χ1v) is 8.65. The highest BCUT2D eigenvalue weighted by Gasteiger charge is 2.52. The van der Waals surface area contributed by atoms with Gasteiger partial charge in [0, 0.05) is 16.8 Å². The Morgan fingerprint density at radius 2 is 2.30 bits per heavy atom. The van der Waals surface area contributed by atoms with Gasteiger partial charge in [0.05, 0.1) is 6.07 Å². The molecule has 2 rings (SSSR count). The largest absolute Gasteiger partial charge is 0.472 e. The number of thiocarbonyl (C=S) groups is 1. The van der Waals surface area contributed by atoms with E-state index in [4.69, 9.17) is 31.7 Å². The minimum absolute atomic E-state index is 0.0711. The van der Waals surface area contributed by atoms with Gasteiger partial charge in [0.25, 0.3) is 0 Å². The maximum atomic E-state index is 9.00. The van der Waals surface area contributed by atoms with E-state index in [1.807, 2.05) is 26.2 Å². The van der Waals surface area contributed by atoms with Gasteiger partial charge in [-0.3, -0.25) is 0 Å². The zero-order chi connectivity index (χ0) is 14.9. The van der Waals surface area contributed by atoms with Crippen LogP contribution < -0.4 is 0 Å². The van der Waals surface area contributed by atoms with Crippen LogP contribution in [0.2, 0.25) is 0 Å². The Labute approximate surface area is 136 Å². The predicted molar refractivity (Wildman–Crippen MR) is 85.5 cm³/mol. The lowest BCUT2D eigenvalue weighted by molar-refractivity contribution is -0.153. The summed E-state index contributed by atoms with van der Waals surface area (Å²) < 4.78 is 19.0. The molecule has 0 radical (unpaired) electrons. The maximum absolute atomic E-state index is 9.00. The Kier molecular flexibility index (Phi) is 5.14. The topological polar surface area (TPSA) is 51.5 Å². The van der Waals surface area contributed by atoms with Crippen molar-refractivity contribution in [2.75, 3.05) is 6.26 Å². The molecular formula is C13H16BrNO3S2. The molecule has 1 fully saturated rings. The number of rotatable bonds is 2. The van der Waals surface area contributed by atoms with Crippen LogP contribution in [0.1, 0.15) is 20.3 Å². The average Bonchev–Trinajstić information content (AvgIpc) is 2.70. The monoisotopic (exact) mass is 377 g/mol. The molecule has 0 N–H and O–H groups in total. The minimum Gasteiger partial charge on any atom is -0.472 e. The van der Waals surface area contributed by atoms with Gasteiger partial charge in [0.15, 0.2) is 5.79 Å². The van der Waals surface area contributed by atoms with E-state index in [-0.39, 0.29) is 24.2 Å². The number of fused-ring (bicyclic) bond motifs is 1. The molecule has 1 aliphatic carbocycles. The maximum Gasteiger partial charge on any atom is 0.220 e. The Balaban J connectivity index is 2.28.